The molecule has 0 spiro atoms. The summed E-state index contributed by atoms with van der Waals surface area (Å²) in [6, 6.07) is 9.94. The summed E-state index contributed by atoms with van der Waals surface area (Å²) < 4.78 is 15.8. The Kier molecular flexibility index (Phi) is 7.24. The van der Waals surface area contributed by atoms with E-state index in [9.17, 15) is 9.59 Å². The lowest BCUT2D eigenvalue weighted by Gasteiger charge is -2.37. The van der Waals surface area contributed by atoms with E-state index in [-0.39, 0.29) is 36.5 Å². The number of rotatable bonds is 9. The molecule has 1 aromatic rings. The Morgan fingerprint density at radius 2 is 1.74 bits per heavy atom. The standard InChI is InChI=1S/C21H29NO5/c1-25-11-12-26-10-9-20(23)17-13-18-7-8-19(14-17)22(18)21(24)27-15-16-5-3-2-4-6-16/h2-6,17-19H,7-15H2,1H3. The second-order valence-electron chi connectivity index (χ2n) is 7.32. The zero-order chi connectivity index (χ0) is 19.1. The van der Waals surface area contributed by atoms with Crippen LogP contribution in [0.15, 0.2) is 30.3 Å². The zero-order valence-corrected chi connectivity index (χ0v) is 16.0. The third-order valence-corrected chi connectivity index (χ3v) is 5.53. The van der Waals surface area contributed by atoms with Crippen molar-refractivity contribution in [2.75, 3.05) is 26.9 Å². The summed E-state index contributed by atoms with van der Waals surface area (Å²) in [5, 5.41) is 0. The van der Waals surface area contributed by atoms with Crippen LogP contribution in [0.3, 0.4) is 0 Å². The number of ether oxygens (including phenoxy) is 3. The van der Waals surface area contributed by atoms with E-state index in [0.717, 1.165) is 31.2 Å². The smallest absolute Gasteiger partial charge is 0.410 e. The van der Waals surface area contributed by atoms with E-state index in [1.807, 2.05) is 35.2 Å². The number of carbonyl (C=O) groups excluding carboxylic acids is 2. The molecule has 2 aliphatic rings. The summed E-state index contributed by atoms with van der Waals surface area (Å²) in [4.78, 5) is 26.9. The van der Waals surface area contributed by atoms with E-state index < -0.39 is 0 Å². The summed E-state index contributed by atoms with van der Waals surface area (Å²) in [5.41, 5.74) is 0.983. The molecule has 2 bridgehead atoms. The van der Waals surface area contributed by atoms with Gasteiger partial charge in [-0.15, -0.1) is 0 Å². The molecule has 2 heterocycles. The highest BCUT2D eigenvalue weighted by molar-refractivity contribution is 5.82. The number of fused-ring (bicyclic) bond motifs is 2. The van der Waals surface area contributed by atoms with Gasteiger partial charge in [-0.1, -0.05) is 30.3 Å². The van der Waals surface area contributed by atoms with Gasteiger partial charge in [0, 0.05) is 31.5 Å². The molecule has 6 nitrogen and oxygen atoms in total. The lowest BCUT2D eigenvalue weighted by atomic mass is 9.86. The van der Waals surface area contributed by atoms with Crippen LogP contribution in [0, 0.1) is 5.92 Å². The Labute approximate surface area is 160 Å². The van der Waals surface area contributed by atoms with Crippen LogP contribution in [0.2, 0.25) is 0 Å². The molecule has 1 amide bonds. The predicted octanol–water partition coefficient (Wildman–Crippen LogP) is 3.19. The van der Waals surface area contributed by atoms with Crippen molar-refractivity contribution in [1.82, 2.24) is 4.90 Å². The van der Waals surface area contributed by atoms with Gasteiger partial charge in [-0.25, -0.2) is 4.79 Å². The van der Waals surface area contributed by atoms with Crippen LogP contribution in [0.1, 0.15) is 37.7 Å². The maximum absolute atomic E-state index is 12.6. The molecule has 0 saturated carbocycles. The first kappa shape index (κ1) is 19.8. The summed E-state index contributed by atoms with van der Waals surface area (Å²) in [6.07, 6.45) is 3.59. The molecule has 6 heteroatoms. The molecule has 27 heavy (non-hydrogen) atoms. The highest BCUT2D eigenvalue weighted by Gasteiger charge is 2.45. The highest BCUT2D eigenvalue weighted by Crippen LogP contribution is 2.39. The molecule has 2 unspecified atom stereocenters. The molecule has 0 aromatic heterocycles. The molecule has 0 aliphatic carbocycles. The van der Waals surface area contributed by atoms with Crippen LogP contribution >= 0.6 is 0 Å². The topological polar surface area (TPSA) is 65.1 Å². The molecule has 148 valence electrons. The summed E-state index contributed by atoms with van der Waals surface area (Å²) in [6.45, 7) is 1.79. The summed E-state index contributed by atoms with van der Waals surface area (Å²) >= 11 is 0. The fraction of sp³-hybridized carbons (Fsp3) is 0.619. The molecule has 0 radical (unpaired) electrons. The van der Waals surface area contributed by atoms with Gasteiger partial charge in [-0.3, -0.25) is 4.79 Å². The van der Waals surface area contributed by atoms with Gasteiger partial charge in [0.15, 0.2) is 0 Å². The lowest BCUT2D eigenvalue weighted by molar-refractivity contribution is -0.126. The SMILES string of the molecule is COCCOCCC(=O)C1CC2CCC(C1)N2C(=O)OCc1ccccc1. The van der Waals surface area contributed by atoms with Crippen LogP contribution < -0.4 is 0 Å². The number of ketones is 1. The minimum absolute atomic E-state index is 0.0340. The fourth-order valence-electron chi connectivity index (χ4n) is 4.15. The molecular weight excluding hydrogens is 346 g/mol. The van der Waals surface area contributed by atoms with Gasteiger partial charge in [-0.2, -0.15) is 0 Å². The first-order chi connectivity index (χ1) is 13.2. The minimum Gasteiger partial charge on any atom is -0.445 e. The van der Waals surface area contributed by atoms with E-state index in [2.05, 4.69) is 0 Å². The van der Waals surface area contributed by atoms with E-state index in [1.54, 1.807) is 7.11 Å². The second kappa shape index (κ2) is 9.85. The molecule has 2 fully saturated rings. The van der Waals surface area contributed by atoms with Crippen molar-refractivity contribution in [1.29, 1.82) is 0 Å². The average Bonchev–Trinajstić information content (AvgIpc) is 2.96. The van der Waals surface area contributed by atoms with Crippen molar-refractivity contribution in [3.8, 4) is 0 Å². The number of carbonyl (C=O) groups is 2. The van der Waals surface area contributed by atoms with Crippen LogP contribution in [0.25, 0.3) is 0 Å². The molecule has 2 aliphatic heterocycles. The number of hydrogen-bond acceptors (Lipinski definition) is 5. The normalized spacial score (nSPS) is 24.0. The predicted molar refractivity (Wildman–Crippen MR) is 100 cm³/mol. The van der Waals surface area contributed by atoms with Crippen LogP contribution in [0.5, 0.6) is 0 Å². The Balaban J connectivity index is 1.45. The van der Waals surface area contributed by atoms with E-state index in [1.165, 1.54) is 0 Å². The van der Waals surface area contributed by atoms with Crippen molar-refractivity contribution < 1.29 is 23.8 Å². The number of piperidine rings is 1. The molecule has 1 aromatic carbocycles. The van der Waals surface area contributed by atoms with E-state index in [4.69, 9.17) is 14.2 Å². The van der Waals surface area contributed by atoms with Crippen LogP contribution in [-0.4, -0.2) is 55.8 Å². The van der Waals surface area contributed by atoms with Crippen molar-refractivity contribution in [3.63, 3.8) is 0 Å². The third kappa shape index (κ3) is 5.30. The molecule has 2 saturated heterocycles. The highest BCUT2D eigenvalue weighted by atomic mass is 16.6. The number of nitrogens with zero attached hydrogens (tertiary/aromatic N) is 1. The zero-order valence-electron chi connectivity index (χ0n) is 16.0. The molecule has 2 atom stereocenters. The van der Waals surface area contributed by atoms with Crippen molar-refractivity contribution in [3.05, 3.63) is 35.9 Å². The van der Waals surface area contributed by atoms with Crippen LogP contribution in [0.4, 0.5) is 4.79 Å². The molecule has 0 N–H and O–H groups in total. The monoisotopic (exact) mass is 375 g/mol. The minimum atomic E-state index is -0.250. The van der Waals surface area contributed by atoms with E-state index in [0.29, 0.717) is 26.2 Å². The Morgan fingerprint density at radius 3 is 2.41 bits per heavy atom. The quantitative estimate of drug-likeness (QED) is 0.620. The summed E-state index contributed by atoms with van der Waals surface area (Å²) in [5.74, 6) is 0.285. The van der Waals surface area contributed by atoms with Gasteiger partial charge in [0.2, 0.25) is 0 Å². The van der Waals surface area contributed by atoms with Gasteiger partial charge in [-0.05, 0) is 31.2 Å². The van der Waals surface area contributed by atoms with Gasteiger partial charge in [0.1, 0.15) is 12.4 Å². The lowest BCUT2D eigenvalue weighted by Crippen LogP contribution is -2.48. The first-order valence-electron chi connectivity index (χ1n) is 9.77. The second-order valence-corrected chi connectivity index (χ2v) is 7.32. The van der Waals surface area contributed by atoms with Gasteiger partial charge in [0.05, 0.1) is 19.8 Å². The van der Waals surface area contributed by atoms with Gasteiger partial charge in [0.25, 0.3) is 0 Å². The Bertz CT molecular complexity index is 606. The number of Topliss-reactive ketones (excluding diaryl/α,β-unsaturated/α-hetero) is 1. The molecular formula is C21H29NO5. The largest absolute Gasteiger partial charge is 0.445 e. The Morgan fingerprint density at radius 1 is 1.04 bits per heavy atom. The van der Waals surface area contributed by atoms with Crippen molar-refractivity contribution >= 4 is 11.9 Å². The number of benzene rings is 1. The summed E-state index contributed by atoms with van der Waals surface area (Å²) in [7, 11) is 1.63. The first-order valence-corrected chi connectivity index (χ1v) is 9.77. The number of amides is 1. The fourth-order valence-corrected chi connectivity index (χ4v) is 4.15. The van der Waals surface area contributed by atoms with Crippen molar-refractivity contribution in [2.45, 2.75) is 50.8 Å². The number of hydrogen-bond donors (Lipinski definition) is 0. The van der Waals surface area contributed by atoms with Crippen LogP contribution in [-0.2, 0) is 25.6 Å². The third-order valence-electron chi connectivity index (χ3n) is 5.53. The molecule has 3 rings (SSSR count). The Hall–Kier alpha value is -1.92. The van der Waals surface area contributed by atoms with Crippen molar-refractivity contribution in [2.24, 2.45) is 5.92 Å². The van der Waals surface area contributed by atoms with E-state index >= 15 is 0 Å². The van der Waals surface area contributed by atoms with Gasteiger partial charge >= 0.3 is 6.09 Å². The maximum Gasteiger partial charge on any atom is 0.410 e. The number of methoxy groups -OCH3 is 1. The maximum atomic E-state index is 12.6. The average molecular weight is 375 g/mol. The van der Waals surface area contributed by atoms with Gasteiger partial charge < -0.3 is 19.1 Å².